The molecule has 2 atom stereocenters. The average Bonchev–Trinajstić information content (AvgIpc) is 3.06. The quantitative estimate of drug-likeness (QED) is 0.773. The lowest BCUT2D eigenvalue weighted by molar-refractivity contribution is 0.100. The first-order valence-electron chi connectivity index (χ1n) is 7.47. The number of likely N-dealkylation sites (tertiary alicyclic amines) is 1. The molecule has 1 saturated carbocycles. The van der Waals surface area contributed by atoms with Crippen LogP contribution in [0, 0.1) is 11.8 Å². The van der Waals surface area contributed by atoms with E-state index in [0.717, 1.165) is 30.6 Å². The van der Waals surface area contributed by atoms with Crippen molar-refractivity contribution in [2.24, 2.45) is 17.6 Å². The Morgan fingerprint density at radius 1 is 1.20 bits per heavy atom. The van der Waals surface area contributed by atoms with Gasteiger partial charge in [-0.2, -0.15) is 0 Å². The number of primary amides is 1. The molecule has 20 heavy (non-hydrogen) atoms. The summed E-state index contributed by atoms with van der Waals surface area (Å²) in [5.41, 5.74) is 5.71. The van der Waals surface area contributed by atoms with E-state index in [0.29, 0.717) is 5.56 Å². The fourth-order valence-corrected chi connectivity index (χ4v) is 3.02. The van der Waals surface area contributed by atoms with E-state index in [1.54, 1.807) is 24.3 Å². The molecule has 0 unspecified atom stereocenters. The van der Waals surface area contributed by atoms with Crippen LogP contribution in [-0.2, 0) is 0 Å². The Kier molecular flexibility index (Phi) is 3.92. The second-order valence-corrected chi connectivity index (χ2v) is 5.96. The van der Waals surface area contributed by atoms with E-state index < -0.39 is 5.91 Å². The van der Waals surface area contributed by atoms with Gasteiger partial charge >= 0.3 is 0 Å². The number of nitrogens with zero attached hydrogens (tertiary/aromatic N) is 1. The molecule has 1 saturated heterocycles. The number of fused-ring (bicyclic) bond motifs is 1. The SMILES string of the molecule is NC(=O)c1ccc(OCCCCN2C[C@H]3C[C@H]3C2)cc1. The first-order valence-corrected chi connectivity index (χ1v) is 7.47. The topological polar surface area (TPSA) is 55.6 Å². The van der Waals surface area contributed by atoms with Gasteiger partial charge in [-0.15, -0.1) is 0 Å². The van der Waals surface area contributed by atoms with Crippen LogP contribution >= 0.6 is 0 Å². The molecular formula is C16H22N2O2. The highest BCUT2D eigenvalue weighted by Gasteiger charge is 2.44. The molecule has 1 aliphatic heterocycles. The van der Waals surface area contributed by atoms with Crippen molar-refractivity contribution in [2.75, 3.05) is 26.2 Å². The molecule has 0 radical (unpaired) electrons. The van der Waals surface area contributed by atoms with Crippen LogP contribution in [0.25, 0.3) is 0 Å². The van der Waals surface area contributed by atoms with Crippen LogP contribution in [0.2, 0.25) is 0 Å². The lowest BCUT2D eigenvalue weighted by Crippen LogP contribution is -2.24. The Morgan fingerprint density at radius 3 is 2.55 bits per heavy atom. The highest BCUT2D eigenvalue weighted by atomic mass is 16.5. The summed E-state index contributed by atoms with van der Waals surface area (Å²) in [5.74, 6) is 2.45. The number of carbonyl (C=O) groups is 1. The average molecular weight is 274 g/mol. The minimum atomic E-state index is -0.403. The number of ether oxygens (including phenoxy) is 1. The van der Waals surface area contributed by atoms with Crippen LogP contribution in [-0.4, -0.2) is 37.0 Å². The van der Waals surface area contributed by atoms with Gasteiger partial charge in [-0.3, -0.25) is 4.79 Å². The van der Waals surface area contributed by atoms with Crippen molar-refractivity contribution in [3.63, 3.8) is 0 Å². The number of unbranched alkanes of at least 4 members (excludes halogenated alkanes) is 1. The highest BCUT2D eigenvalue weighted by molar-refractivity contribution is 5.92. The fraction of sp³-hybridized carbons (Fsp3) is 0.562. The van der Waals surface area contributed by atoms with Crippen molar-refractivity contribution in [3.05, 3.63) is 29.8 Å². The number of rotatable bonds is 7. The molecular weight excluding hydrogens is 252 g/mol. The molecule has 0 bridgehead atoms. The maximum Gasteiger partial charge on any atom is 0.248 e. The van der Waals surface area contributed by atoms with E-state index in [4.69, 9.17) is 10.5 Å². The normalized spacial score (nSPS) is 24.4. The van der Waals surface area contributed by atoms with Crippen molar-refractivity contribution < 1.29 is 9.53 Å². The maximum absolute atomic E-state index is 10.9. The Bertz CT molecular complexity index is 462. The summed E-state index contributed by atoms with van der Waals surface area (Å²) < 4.78 is 5.66. The predicted molar refractivity (Wildman–Crippen MR) is 77.7 cm³/mol. The van der Waals surface area contributed by atoms with Gasteiger partial charge in [0.05, 0.1) is 6.61 Å². The number of carbonyl (C=O) groups excluding carboxylic acids is 1. The number of piperidine rings is 1. The molecule has 1 aliphatic carbocycles. The van der Waals surface area contributed by atoms with E-state index in [-0.39, 0.29) is 0 Å². The monoisotopic (exact) mass is 274 g/mol. The minimum Gasteiger partial charge on any atom is -0.494 e. The summed E-state index contributed by atoms with van der Waals surface area (Å²) in [6.45, 7) is 4.58. The van der Waals surface area contributed by atoms with Crippen LogP contribution in [0.4, 0.5) is 0 Å². The van der Waals surface area contributed by atoms with Crippen LogP contribution in [0.5, 0.6) is 5.75 Å². The van der Waals surface area contributed by atoms with E-state index >= 15 is 0 Å². The van der Waals surface area contributed by atoms with E-state index in [2.05, 4.69) is 4.90 Å². The number of nitrogens with two attached hydrogens (primary N) is 1. The summed E-state index contributed by atoms with van der Waals surface area (Å²) in [5, 5.41) is 0. The van der Waals surface area contributed by atoms with Gasteiger partial charge in [0, 0.05) is 18.7 Å². The van der Waals surface area contributed by atoms with Crippen molar-refractivity contribution in [1.82, 2.24) is 4.90 Å². The maximum atomic E-state index is 10.9. The van der Waals surface area contributed by atoms with Crippen molar-refractivity contribution in [2.45, 2.75) is 19.3 Å². The Labute approximate surface area is 119 Å². The smallest absolute Gasteiger partial charge is 0.248 e. The van der Waals surface area contributed by atoms with Gasteiger partial charge in [0.1, 0.15) is 5.75 Å². The van der Waals surface area contributed by atoms with Crippen molar-refractivity contribution in [1.29, 1.82) is 0 Å². The largest absolute Gasteiger partial charge is 0.494 e. The minimum absolute atomic E-state index is 0.403. The summed E-state index contributed by atoms with van der Waals surface area (Å²) >= 11 is 0. The van der Waals surface area contributed by atoms with Gasteiger partial charge < -0.3 is 15.4 Å². The molecule has 3 rings (SSSR count). The van der Waals surface area contributed by atoms with Gasteiger partial charge in [-0.25, -0.2) is 0 Å². The predicted octanol–water partition coefficient (Wildman–Crippen LogP) is 1.90. The second-order valence-electron chi connectivity index (χ2n) is 5.96. The van der Waals surface area contributed by atoms with E-state index in [9.17, 15) is 4.79 Å². The lowest BCUT2D eigenvalue weighted by Gasteiger charge is -2.16. The molecule has 1 amide bonds. The molecule has 2 fully saturated rings. The zero-order valence-corrected chi connectivity index (χ0v) is 11.8. The van der Waals surface area contributed by atoms with Crippen LogP contribution in [0.15, 0.2) is 24.3 Å². The Balaban J connectivity index is 1.30. The molecule has 2 N–H and O–H groups in total. The first-order chi connectivity index (χ1) is 9.72. The zero-order chi connectivity index (χ0) is 13.9. The number of hydrogen-bond acceptors (Lipinski definition) is 3. The summed E-state index contributed by atoms with van der Waals surface area (Å²) in [6.07, 6.45) is 3.74. The third-order valence-electron chi connectivity index (χ3n) is 4.33. The van der Waals surface area contributed by atoms with Gasteiger partial charge in [-0.1, -0.05) is 0 Å². The third kappa shape index (κ3) is 3.31. The highest BCUT2D eigenvalue weighted by Crippen LogP contribution is 2.44. The summed E-state index contributed by atoms with van der Waals surface area (Å²) in [4.78, 5) is 13.5. The second kappa shape index (κ2) is 5.83. The molecule has 1 aromatic rings. The molecule has 0 aromatic heterocycles. The molecule has 0 spiro atoms. The van der Waals surface area contributed by atoms with Gasteiger partial charge in [0.15, 0.2) is 0 Å². The van der Waals surface area contributed by atoms with Crippen molar-refractivity contribution in [3.8, 4) is 5.75 Å². The third-order valence-corrected chi connectivity index (χ3v) is 4.33. The number of amides is 1. The molecule has 2 aliphatic rings. The summed E-state index contributed by atoms with van der Waals surface area (Å²) in [7, 11) is 0. The van der Waals surface area contributed by atoms with E-state index in [1.807, 2.05) is 0 Å². The molecule has 4 heteroatoms. The first kappa shape index (κ1) is 13.4. The number of benzene rings is 1. The van der Waals surface area contributed by atoms with Crippen molar-refractivity contribution >= 4 is 5.91 Å². The molecule has 1 heterocycles. The van der Waals surface area contributed by atoms with E-state index in [1.165, 1.54) is 32.5 Å². The number of hydrogen-bond donors (Lipinski definition) is 1. The Morgan fingerprint density at radius 2 is 1.90 bits per heavy atom. The van der Waals surface area contributed by atoms with Crippen LogP contribution < -0.4 is 10.5 Å². The summed E-state index contributed by atoms with van der Waals surface area (Å²) in [6, 6.07) is 7.00. The van der Waals surface area contributed by atoms with Crippen LogP contribution in [0.3, 0.4) is 0 Å². The molecule has 1 aromatic carbocycles. The molecule has 108 valence electrons. The molecule has 4 nitrogen and oxygen atoms in total. The lowest BCUT2D eigenvalue weighted by atomic mass is 10.2. The fourth-order valence-electron chi connectivity index (χ4n) is 3.02. The standard InChI is InChI=1S/C16H22N2O2/c17-16(19)12-3-5-15(6-4-12)20-8-2-1-7-18-10-13-9-14(13)11-18/h3-6,13-14H,1-2,7-11H2,(H2,17,19)/t13-,14+. The zero-order valence-electron chi connectivity index (χ0n) is 11.8. The Hall–Kier alpha value is -1.55. The van der Waals surface area contributed by atoms with Gasteiger partial charge in [0.2, 0.25) is 5.91 Å². The van der Waals surface area contributed by atoms with Gasteiger partial charge in [0.25, 0.3) is 0 Å². The van der Waals surface area contributed by atoms with Gasteiger partial charge in [-0.05, 0) is 61.9 Å². The van der Waals surface area contributed by atoms with Crippen LogP contribution in [0.1, 0.15) is 29.6 Å².